The number of fused-ring (bicyclic) bond motifs is 2. The second-order valence-electron chi connectivity index (χ2n) is 7.89. The summed E-state index contributed by atoms with van der Waals surface area (Å²) >= 11 is 0. The van der Waals surface area contributed by atoms with Gasteiger partial charge in [-0.1, -0.05) is 32.4 Å². The van der Waals surface area contributed by atoms with Crippen molar-refractivity contribution in [2.24, 2.45) is 17.8 Å². The number of hydrogen-bond acceptors (Lipinski definition) is 2. The van der Waals surface area contributed by atoms with E-state index < -0.39 is 0 Å². The van der Waals surface area contributed by atoms with Crippen LogP contribution >= 0.6 is 0 Å². The maximum atomic E-state index is 6.31. The lowest BCUT2D eigenvalue weighted by molar-refractivity contribution is -0.149. The first kappa shape index (κ1) is 16.8. The van der Waals surface area contributed by atoms with E-state index in [1.807, 2.05) is 0 Å². The highest BCUT2D eigenvalue weighted by Crippen LogP contribution is 2.50. The molecule has 2 nitrogen and oxygen atoms in total. The van der Waals surface area contributed by atoms with Gasteiger partial charge in [0.05, 0.1) is 6.10 Å². The molecule has 2 aliphatic carbocycles. The summed E-state index contributed by atoms with van der Waals surface area (Å²) in [6.07, 6.45) is 6.75. The van der Waals surface area contributed by atoms with E-state index in [1.54, 1.807) is 0 Å². The lowest BCUT2D eigenvalue weighted by atomic mass is 9.88. The highest BCUT2D eigenvalue weighted by Gasteiger charge is 2.44. The predicted octanol–water partition coefficient (Wildman–Crippen LogP) is 5.77. The van der Waals surface area contributed by atoms with E-state index in [2.05, 4.69) is 52.0 Å². The predicted molar refractivity (Wildman–Crippen MR) is 94.7 cm³/mol. The largest absolute Gasteiger partial charge is 0.465 e. The van der Waals surface area contributed by atoms with Crippen LogP contribution in [0.3, 0.4) is 0 Å². The van der Waals surface area contributed by atoms with Gasteiger partial charge < -0.3 is 9.47 Å². The van der Waals surface area contributed by atoms with Gasteiger partial charge in [-0.15, -0.1) is 0 Å². The quantitative estimate of drug-likeness (QED) is 0.595. The van der Waals surface area contributed by atoms with Crippen LogP contribution in [0, 0.1) is 17.8 Å². The van der Waals surface area contributed by atoms with Crippen molar-refractivity contribution in [3.05, 3.63) is 29.8 Å². The molecule has 2 fully saturated rings. The lowest BCUT2D eigenvalue weighted by Crippen LogP contribution is -2.35. The summed E-state index contributed by atoms with van der Waals surface area (Å²) in [6, 6.07) is 8.64. The van der Waals surface area contributed by atoms with E-state index in [-0.39, 0.29) is 12.4 Å². The van der Waals surface area contributed by atoms with Crippen molar-refractivity contribution in [1.82, 2.24) is 0 Å². The summed E-state index contributed by atoms with van der Waals surface area (Å²) in [7, 11) is 0. The molecule has 128 valence electrons. The Morgan fingerprint density at radius 1 is 1.04 bits per heavy atom. The third-order valence-corrected chi connectivity index (χ3v) is 5.86. The Hall–Kier alpha value is -1.02. The normalized spacial score (nSPS) is 29.0. The van der Waals surface area contributed by atoms with Crippen molar-refractivity contribution in [2.75, 3.05) is 0 Å². The minimum absolute atomic E-state index is 0.0836. The molecule has 0 radical (unpaired) electrons. The van der Waals surface area contributed by atoms with E-state index in [9.17, 15) is 0 Å². The molecule has 3 rings (SSSR count). The van der Waals surface area contributed by atoms with Gasteiger partial charge in [0.25, 0.3) is 0 Å². The van der Waals surface area contributed by atoms with E-state index >= 15 is 0 Å². The first-order chi connectivity index (χ1) is 11.1. The van der Waals surface area contributed by atoms with Crippen molar-refractivity contribution in [2.45, 2.75) is 78.1 Å². The zero-order valence-electron chi connectivity index (χ0n) is 15.1. The van der Waals surface area contributed by atoms with Crippen LogP contribution in [0.1, 0.15) is 71.3 Å². The third-order valence-electron chi connectivity index (χ3n) is 5.86. The molecule has 23 heavy (non-hydrogen) atoms. The standard InChI is InChI=1S/C21H32O2/c1-5-15(4)17-8-10-19(11-9-17)23-21(22-14(2)3)20-13-16-6-7-18(20)12-16/h8-11,14-16,18,20-21H,5-7,12-13H2,1-4H3. The van der Waals surface area contributed by atoms with E-state index in [4.69, 9.17) is 9.47 Å². The molecule has 0 aromatic heterocycles. The Kier molecular flexibility index (Phi) is 5.31. The van der Waals surface area contributed by atoms with Crippen LogP contribution in [-0.4, -0.2) is 12.4 Å². The van der Waals surface area contributed by atoms with Gasteiger partial charge in [0.1, 0.15) is 5.75 Å². The molecule has 2 aliphatic rings. The topological polar surface area (TPSA) is 18.5 Å². The third kappa shape index (κ3) is 3.91. The zero-order valence-corrected chi connectivity index (χ0v) is 15.1. The smallest absolute Gasteiger partial charge is 0.203 e. The highest BCUT2D eigenvalue weighted by molar-refractivity contribution is 5.29. The molecular formula is C21H32O2. The summed E-state index contributed by atoms with van der Waals surface area (Å²) in [4.78, 5) is 0. The Balaban J connectivity index is 1.68. The lowest BCUT2D eigenvalue weighted by Gasteiger charge is -2.32. The van der Waals surface area contributed by atoms with Crippen molar-refractivity contribution >= 4 is 0 Å². The van der Waals surface area contributed by atoms with Crippen LogP contribution in [0.4, 0.5) is 0 Å². The maximum absolute atomic E-state index is 6.31. The molecule has 0 amide bonds. The van der Waals surface area contributed by atoms with Gasteiger partial charge in [-0.2, -0.15) is 0 Å². The van der Waals surface area contributed by atoms with Gasteiger partial charge in [0.2, 0.25) is 6.29 Å². The number of rotatable bonds is 7. The van der Waals surface area contributed by atoms with E-state index in [1.165, 1.54) is 37.7 Å². The van der Waals surface area contributed by atoms with Crippen LogP contribution in [0.5, 0.6) is 5.75 Å². The second kappa shape index (κ2) is 7.25. The van der Waals surface area contributed by atoms with Crippen molar-refractivity contribution in [1.29, 1.82) is 0 Å². The summed E-state index contributed by atoms with van der Waals surface area (Å²) in [5, 5.41) is 0. The number of hydrogen-bond donors (Lipinski definition) is 0. The highest BCUT2D eigenvalue weighted by atomic mass is 16.7. The van der Waals surface area contributed by atoms with Gasteiger partial charge in [-0.3, -0.25) is 0 Å². The number of ether oxygens (including phenoxy) is 2. The van der Waals surface area contributed by atoms with Crippen LogP contribution in [0.2, 0.25) is 0 Å². The summed E-state index contributed by atoms with van der Waals surface area (Å²) < 4.78 is 12.5. The van der Waals surface area contributed by atoms with Crippen LogP contribution in [0.25, 0.3) is 0 Å². The van der Waals surface area contributed by atoms with E-state index in [0.717, 1.165) is 17.6 Å². The minimum Gasteiger partial charge on any atom is -0.465 e. The van der Waals surface area contributed by atoms with Crippen molar-refractivity contribution in [3.8, 4) is 5.75 Å². The molecule has 0 aliphatic heterocycles. The molecule has 2 heteroatoms. The molecule has 2 bridgehead atoms. The summed E-state index contributed by atoms with van der Waals surface area (Å²) in [5.41, 5.74) is 1.39. The molecule has 0 spiro atoms. The molecule has 0 saturated heterocycles. The molecule has 0 N–H and O–H groups in total. The van der Waals surface area contributed by atoms with Gasteiger partial charge in [-0.05, 0) is 75.0 Å². The molecule has 0 heterocycles. The molecule has 1 aromatic rings. The number of benzene rings is 1. The Bertz CT molecular complexity index is 493. The van der Waals surface area contributed by atoms with Crippen LogP contribution in [0.15, 0.2) is 24.3 Å². The van der Waals surface area contributed by atoms with Crippen molar-refractivity contribution in [3.63, 3.8) is 0 Å². The fraction of sp³-hybridized carbons (Fsp3) is 0.714. The average molecular weight is 316 g/mol. The van der Waals surface area contributed by atoms with Gasteiger partial charge in [-0.25, -0.2) is 0 Å². The van der Waals surface area contributed by atoms with Crippen LogP contribution < -0.4 is 4.74 Å². The molecule has 5 unspecified atom stereocenters. The fourth-order valence-corrected chi connectivity index (χ4v) is 4.36. The fourth-order valence-electron chi connectivity index (χ4n) is 4.36. The molecule has 5 atom stereocenters. The van der Waals surface area contributed by atoms with Gasteiger partial charge in [0.15, 0.2) is 0 Å². The first-order valence-corrected chi connectivity index (χ1v) is 9.48. The molecular weight excluding hydrogens is 284 g/mol. The van der Waals surface area contributed by atoms with Gasteiger partial charge in [0, 0.05) is 5.92 Å². The Morgan fingerprint density at radius 3 is 2.30 bits per heavy atom. The Morgan fingerprint density at radius 2 is 1.78 bits per heavy atom. The molecule has 2 saturated carbocycles. The average Bonchev–Trinajstić information content (AvgIpc) is 3.17. The van der Waals surface area contributed by atoms with Gasteiger partial charge >= 0.3 is 0 Å². The summed E-state index contributed by atoms with van der Waals surface area (Å²) in [5.74, 6) is 3.86. The Labute approximate surface area is 141 Å². The zero-order chi connectivity index (χ0) is 16.4. The maximum Gasteiger partial charge on any atom is 0.203 e. The second-order valence-corrected chi connectivity index (χ2v) is 7.89. The summed E-state index contributed by atoms with van der Waals surface area (Å²) in [6.45, 7) is 8.72. The molecule has 1 aromatic carbocycles. The van der Waals surface area contributed by atoms with Crippen molar-refractivity contribution < 1.29 is 9.47 Å². The monoisotopic (exact) mass is 316 g/mol. The minimum atomic E-state index is -0.0836. The first-order valence-electron chi connectivity index (χ1n) is 9.48. The van der Waals surface area contributed by atoms with Crippen LogP contribution in [-0.2, 0) is 4.74 Å². The SMILES string of the molecule is CCC(C)c1ccc(OC(OC(C)C)C2CC3CCC2C3)cc1. The van der Waals surface area contributed by atoms with E-state index in [0.29, 0.717) is 11.8 Å².